The summed E-state index contributed by atoms with van der Waals surface area (Å²) in [5.74, 6) is -5.86. The Morgan fingerprint density at radius 3 is 2.06 bits per heavy atom. The zero-order chi connectivity index (χ0) is 34.6. The van der Waals surface area contributed by atoms with Crippen LogP contribution in [0.1, 0.15) is 91.5 Å². The summed E-state index contributed by atoms with van der Waals surface area (Å²) in [6.45, 7) is 15.3. The molecule has 270 valence electrons. The van der Waals surface area contributed by atoms with Crippen LogP contribution < -0.4 is 0 Å². The third-order valence-corrected chi connectivity index (χ3v) is 9.42. The molecule has 3 aliphatic heterocycles. The molecule has 3 heterocycles. The minimum absolute atomic E-state index is 0.0442. The third-order valence-electron chi connectivity index (χ3n) is 9.42. The molecule has 0 bridgehead atoms. The standard InChI is InChI=1S/C39H58F2O7/c1-7-12-22-31-29(6)46-36-37(31,27-30-20-18-17-19-21-30)48-39(38(36,40)41)35(45-26-16-11-5)34(44-25-15-10-4)33(43-24-14-9-3)32(47-39)28-42-23-13-8-2/h7,12,17-22,32-36H,1,8-11,13-16,23-28H2,2-6H3/b22-12-/t32-,33-,34+,35-,36?,37?,39+/m1/s1. The van der Waals surface area contributed by atoms with E-state index in [1.165, 1.54) is 0 Å². The first-order chi connectivity index (χ1) is 23.3. The van der Waals surface area contributed by atoms with Crippen molar-refractivity contribution in [2.24, 2.45) is 0 Å². The highest BCUT2D eigenvalue weighted by molar-refractivity contribution is 5.45. The molecule has 4 rings (SSSR count). The summed E-state index contributed by atoms with van der Waals surface area (Å²) < 4.78 is 80.9. The number of unbranched alkanes of at least 4 members (excludes halogenated alkanes) is 4. The normalized spacial score (nSPS) is 31.1. The van der Waals surface area contributed by atoms with Crippen LogP contribution >= 0.6 is 0 Å². The molecule has 0 N–H and O–H groups in total. The molecule has 1 aromatic carbocycles. The van der Waals surface area contributed by atoms with Gasteiger partial charge in [-0.15, -0.1) is 0 Å². The van der Waals surface area contributed by atoms with Gasteiger partial charge in [0, 0.05) is 38.4 Å². The van der Waals surface area contributed by atoms with E-state index < -0.39 is 47.8 Å². The maximum Gasteiger partial charge on any atom is 0.342 e. The zero-order valence-electron chi connectivity index (χ0n) is 29.7. The van der Waals surface area contributed by atoms with E-state index in [9.17, 15) is 0 Å². The highest BCUT2D eigenvalue weighted by Crippen LogP contribution is 2.62. The summed E-state index contributed by atoms with van der Waals surface area (Å²) in [7, 11) is 0. The van der Waals surface area contributed by atoms with Crippen molar-refractivity contribution >= 4 is 0 Å². The van der Waals surface area contributed by atoms with E-state index in [0.29, 0.717) is 37.6 Å². The molecular formula is C39H58F2O7. The fraction of sp³-hybridized carbons (Fsp3) is 0.692. The SMILES string of the molecule is C=C/C=C\C1=C(C)OC2C1(Cc1ccccc1)O[C@]1(O[C@H](COCCCC)[C@@H](OCCCC)[C@H](OCCCC)[C@H]1OCCCC)C2(F)F. The minimum Gasteiger partial charge on any atom is -0.485 e. The highest BCUT2D eigenvalue weighted by atomic mass is 19.3. The number of rotatable bonds is 21. The van der Waals surface area contributed by atoms with Gasteiger partial charge in [0.2, 0.25) is 6.10 Å². The molecule has 7 nitrogen and oxygen atoms in total. The molecule has 1 aromatic rings. The Morgan fingerprint density at radius 1 is 0.833 bits per heavy atom. The van der Waals surface area contributed by atoms with E-state index in [4.69, 9.17) is 33.2 Å². The average molecular weight is 677 g/mol. The van der Waals surface area contributed by atoms with Crippen LogP contribution in [0, 0.1) is 0 Å². The van der Waals surface area contributed by atoms with Crippen LogP contribution in [-0.2, 0) is 39.6 Å². The fourth-order valence-electron chi connectivity index (χ4n) is 6.87. The second-order valence-electron chi connectivity index (χ2n) is 13.1. The number of benzene rings is 1. The maximum absolute atomic E-state index is 17.8. The Hall–Kier alpha value is -2.14. The van der Waals surface area contributed by atoms with Crippen LogP contribution in [0.2, 0.25) is 0 Å². The lowest BCUT2D eigenvalue weighted by atomic mass is 9.80. The number of hydrogen-bond donors (Lipinski definition) is 0. The Bertz CT molecular complexity index is 1190. The molecule has 0 aromatic heterocycles. The van der Waals surface area contributed by atoms with Crippen molar-refractivity contribution in [1.82, 2.24) is 0 Å². The molecule has 1 spiro atoms. The second kappa shape index (κ2) is 18.2. The first-order valence-corrected chi connectivity index (χ1v) is 18.2. The van der Waals surface area contributed by atoms with E-state index >= 15 is 8.78 Å². The first kappa shape index (κ1) is 38.7. The largest absolute Gasteiger partial charge is 0.485 e. The number of allylic oxidation sites excluding steroid dienone is 3. The van der Waals surface area contributed by atoms with Crippen LogP contribution in [0.25, 0.3) is 0 Å². The molecule has 7 atom stereocenters. The van der Waals surface area contributed by atoms with Crippen molar-refractivity contribution in [2.45, 2.75) is 140 Å². The maximum atomic E-state index is 17.8. The number of alkyl halides is 2. The van der Waals surface area contributed by atoms with Crippen LogP contribution in [0.4, 0.5) is 8.78 Å². The van der Waals surface area contributed by atoms with Gasteiger partial charge < -0.3 is 33.2 Å². The van der Waals surface area contributed by atoms with Gasteiger partial charge in [0.05, 0.1) is 6.61 Å². The molecule has 2 saturated heterocycles. The van der Waals surface area contributed by atoms with Gasteiger partial charge >= 0.3 is 5.92 Å². The smallest absolute Gasteiger partial charge is 0.342 e. The fourth-order valence-corrected chi connectivity index (χ4v) is 6.87. The lowest BCUT2D eigenvalue weighted by Gasteiger charge is -2.52. The topological polar surface area (TPSA) is 64.6 Å². The van der Waals surface area contributed by atoms with Crippen molar-refractivity contribution in [3.05, 3.63) is 72.0 Å². The monoisotopic (exact) mass is 676 g/mol. The third kappa shape index (κ3) is 8.08. The van der Waals surface area contributed by atoms with E-state index in [-0.39, 0.29) is 19.6 Å². The lowest BCUT2D eigenvalue weighted by Crippen LogP contribution is -2.73. The van der Waals surface area contributed by atoms with Crippen molar-refractivity contribution in [3.8, 4) is 0 Å². The Balaban J connectivity index is 1.89. The Labute approximate surface area is 287 Å². The number of ether oxygens (including phenoxy) is 7. The van der Waals surface area contributed by atoms with E-state index in [1.807, 2.05) is 37.3 Å². The van der Waals surface area contributed by atoms with Gasteiger partial charge in [-0.25, -0.2) is 0 Å². The van der Waals surface area contributed by atoms with Gasteiger partial charge in [0.1, 0.15) is 35.8 Å². The van der Waals surface area contributed by atoms with Crippen molar-refractivity contribution in [3.63, 3.8) is 0 Å². The van der Waals surface area contributed by atoms with Crippen molar-refractivity contribution < 1.29 is 41.9 Å². The quantitative estimate of drug-likeness (QED) is 0.0956. The highest BCUT2D eigenvalue weighted by Gasteiger charge is 2.84. The summed E-state index contributed by atoms with van der Waals surface area (Å²) in [4.78, 5) is 0. The summed E-state index contributed by atoms with van der Waals surface area (Å²) in [5.41, 5.74) is -0.254. The minimum atomic E-state index is -3.67. The van der Waals surface area contributed by atoms with E-state index in [2.05, 4.69) is 27.4 Å². The van der Waals surface area contributed by atoms with Gasteiger partial charge in [0.15, 0.2) is 0 Å². The lowest BCUT2D eigenvalue weighted by molar-refractivity contribution is -0.420. The van der Waals surface area contributed by atoms with Crippen LogP contribution in [0.3, 0.4) is 0 Å². The Kier molecular flexibility index (Phi) is 14.7. The summed E-state index contributed by atoms with van der Waals surface area (Å²) in [6.07, 6.45) is 6.32. The van der Waals surface area contributed by atoms with Crippen molar-refractivity contribution in [1.29, 1.82) is 0 Å². The molecule has 0 saturated carbocycles. The Morgan fingerprint density at radius 2 is 1.44 bits per heavy atom. The van der Waals surface area contributed by atoms with Gasteiger partial charge in [-0.2, -0.15) is 8.78 Å². The first-order valence-electron chi connectivity index (χ1n) is 18.2. The zero-order valence-corrected chi connectivity index (χ0v) is 29.7. The van der Waals surface area contributed by atoms with Crippen LogP contribution in [0.15, 0.2) is 66.5 Å². The average Bonchev–Trinajstić information content (AvgIpc) is 3.43. The predicted octanol–water partition coefficient (Wildman–Crippen LogP) is 8.52. The molecule has 0 aliphatic carbocycles. The van der Waals surface area contributed by atoms with E-state index in [0.717, 1.165) is 50.5 Å². The predicted molar refractivity (Wildman–Crippen MR) is 183 cm³/mol. The van der Waals surface area contributed by atoms with Crippen LogP contribution in [0.5, 0.6) is 0 Å². The summed E-state index contributed by atoms with van der Waals surface area (Å²) in [6, 6.07) is 9.51. The van der Waals surface area contributed by atoms with E-state index in [1.54, 1.807) is 25.2 Å². The molecule has 2 unspecified atom stereocenters. The molecule has 0 radical (unpaired) electrons. The molecule has 48 heavy (non-hydrogen) atoms. The summed E-state index contributed by atoms with van der Waals surface area (Å²) in [5, 5.41) is 0. The number of halogens is 2. The van der Waals surface area contributed by atoms with Gasteiger partial charge in [-0.05, 0) is 38.2 Å². The molecule has 3 aliphatic rings. The second-order valence-corrected chi connectivity index (χ2v) is 13.1. The molecule has 2 fully saturated rings. The van der Waals surface area contributed by atoms with Gasteiger partial charge in [0.25, 0.3) is 5.79 Å². The molecule has 9 heteroatoms. The summed E-state index contributed by atoms with van der Waals surface area (Å²) >= 11 is 0. The molecular weight excluding hydrogens is 618 g/mol. The van der Waals surface area contributed by atoms with Crippen LogP contribution in [-0.4, -0.2) is 80.9 Å². The van der Waals surface area contributed by atoms with Crippen molar-refractivity contribution in [2.75, 3.05) is 33.0 Å². The molecule has 0 amide bonds. The van der Waals surface area contributed by atoms with Gasteiger partial charge in [-0.1, -0.05) is 109 Å². The number of hydrogen-bond acceptors (Lipinski definition) is 7. The number of fused-ring (bicyclic) bond motifs is 1. The van der Waals surface area contributed by atoms with Gasteiger partial charge in [-0.3, -0.25) is 0 Å².